The highest BCUT2D eigenvalue weighted by molar-refractivity contribution is 5.94. The first kappa shape index (κ1) is 23.2. The third kappa shape index (κ3) is 4.31. The second-order valence-corrected chi connectivity index (χ2v) is 9.50. The van der Waals surface area contributed by atoms with Crippen LogP contribution in [0.5, 0.6) is 0 Å². The summed E-state index contributed by atoms with van der Waals surface area (Å²) in [4.78, 5) is 31.1. The van der Waals surface area contributed by atoms with Crippen molar-refractivity contribution in [2.24, 2.45) is 11.3 Å². The van der Waals surface area contributed by atoms with Gasteiger partial charge in [-0.3, -0.25) is 10.1 Å². The highest BCUT2D eigenvalue weighted by Crippen LogP contribution is 2.37. The first-order chi connectivity index (χ1) is 16.7. The summed E-state index contributed by atoms with van der Waals surface area (Å²) in [6.45, 7) is 5.51. The zero-order valence-electron chi connectivity index (χ0n) is 19.4. The van der Waals surface area contributed by atoms with Crippen molar-refractivity contribution in [2.75, 3.05) is 29.9 Å². The maximum Gasteiger partial charge on any atom is 0.420 e. The van der Waals surface area contributed by atoms with Gasteiger partial charge in [0.25, 0.3) is 0 Å². The Labute approximate surface area is 200 Å². The van der Waals surface area contributed by atoms with E-state index in [0.29, 0.717) is 37.5 Å². The van der Waals surface area contributed by atoms with E-state index >= 15 is 0 Å². The van der Waals surface area contributed by atoms with Crippen molar-refractivity contribution in [2.45, 2.75) is 32.7 Å². The van der Waals surface area contributed by atoms with Crippen LogP contribution >= 0.6 is 0 Å². The first-order valence-electron chi connectivity index (χ1n) is 11.5. The van der Waals surface area contributed by atoms with Gasteiger partial charge in [-0.15, -0.1) is 5.10 Å². The number of carbonyl (C=O) groups excluding carboxylic acids is 2. The minimum Gasteiger partial charge on any atom is -0.376 e. The maximum atomic E-state index is 14.5. The molecule has 2 aliphatic rings. The number of esters is 1. The molecule has 0 unspecified atom stereocenters. The predicted molar refractivity (Wildman–Crippen MR) is 124 cm³/mol. The van der Waals surface area contributed by atoms with Crippen molar-refractivity contribution < 1.29 is 23.1 Å². The van der Waals surface area contributed by atoms with Crippen molar-refractivity contribution in [1.29, 1.82) is 0 Å². The molecule has 2 fully saturated rings. The molecule has 9 nitrogen and oxygen atoms in total. The number of benzene rings is 1. The van der Waals surface area contributed by atoms with Crippen molar-refractivity contribution in [1.82, 2.24) is 19.9 Å². The SMILES string of the molecule is CC(C)(C(=O)OC(=O)Nc1cnc2ccc(N3CCC[C@@H]3c3cc(F)ccc3F)nn12)C1CNC1. The van der Waals surface area contributed by atoms with Crippen LogP contribution in [-0.4, -0.2) is 46.3 Å². The molecular weight excluding hydrogens is 458 g/mol. The van der Waals surface area contributed by atoms with Crippen LogP contribution in [0.15, 0.2) is 36.5 Å². The van der Waals surface area contributed by atoms with E-state index < -0.39 is 29.1 Å². The Balaban J connectivity index is 1.35. The number of aromatic nitrogens is 3. The van der Waals surface area contributed by atoms with E-state index in [9.17, 15) is 18.4 Å². The Morgan fingerprint density at radius 3 is 2.74 bits per heavy atom. The third-order valence-corrected chi connectivity index (χ3v) is 6.96. The molecular formula is C24H26F2N6O3. The molecule has 3 aromatic rings. The van der Waals surface area contributed by atoms with Crippen LogP contribution < -0.4 is 15.5 Å². The molecule has 0 radical (unpaired) electrons. The average molecular weight is 485 g/mol. The monoisotopic (exact) mass is 484 g/mol. The summed E-state index contributed by atoms with van der Waals surface area (Å²) in [5, 5.41) is 10.2. The molecule has 1 amide bonds. The molecule has 1 aromatic carbocycles. The Bertz CT molecular complexity index is 1290. The fourth-order valence-electron chi connectivity index (χ4n) is 4.55. The van der Waals surface area contributed by atoms with Gasteiger partial charge in [0.2, 0.25) is 0 Å². The molecule has 2 N–H and O–H groups in total. The molecule has 2 aromatic heterocycles. The van der Waals surface area contributed by atoms with Crippen LogP contribution in [0.1, 0.15) is 38.3 Å². The smallest absolute Gasteiger partial charge is 0.376 e. The maximum absolute atomic E-state index is 14.5. The van der Waals surface area contributed by atoms with Gasteiger partial charge in [0, 0.05) is 25.2 Å². The molecule has 2 saturated heterocycles. The van der Waals surface area contributed by atoms with E-state index in [2.05, 4.69) is 20.7 Å². The van der Waals surface area contributed by atoms with Crippen LogP contribution in [-0.2, 0) is 9.53 Å². The molecule has 4 heterocycles. The van der Waals surface area contributed by atoms with Crippen LogP contribution in [0, 0.1) is 23.0 Å². The summed E-state index contributed by atoms with van der Waals surface area (Å²) in [6.07, 6.45) is 1.92. The van der Waals surface area contributed by atoms with Gasteiger partial charge in [0.1, 0.15) is 17.5 Å². The highest BCUT2D eigenvalue weighted by Gasteiger charge is 2.42. The number of hydrogen-bond donors (Lipinski definition) is 2. The summed E-state index contributed by atoms with van der Waals surface area (Å²) in [6, 6.07) is 6.54. The Morgan fingerprint density at radius 1 is 1.20 bits per heavy atom. The molecule has 1 atom stereocenters. The summed E-state index contributed by atoms with van der Waals surface area (Å²) in [5.41, 5.74) is -0.0616. The van der Waals surface area contributed by atoms with E-state index in [4.69, 9.17) is 4.74 Å². The van der Waals surface area contributed by atoms with Crippen LogP contribution in [0.25, 0.3) is 5.65 Å². The van der Waals surface area contributed by atoms with E-state index in [1.807, 2.05) is 4.90 Å². The third-order valence-electron chi connectivity index (χ3n) is 6.96. The van der Waals surface area contributed by atoms with Crippen molar-refractivity contribution in [3.8, 4) is 0 Å². The molecule has 184 valence electrons. The van der Waals surface area contributed by atoms with Gasteiger partial charge < -0.3 is 15.0 Å². The lowest BCUT2D eigenvalue weighted by atomic mass is 9.75. The van der Waals surface area contributed by atoms with Gasteiger partial charge in [-0.25, -0.2) is 18.6 Å². The van der Waals surface area contributed by atoms with E-state index in [1.54, 1.807) is 26.0 Å². The predicted octanol–water partition coefficient (Wildman–Crippen LogP) is 3.67. The zero-order valence-corrected chi connectivity index (χ0v) is 19.4. The number of carbonyl (C=O) groups is 2. The number of halogens is 2. The number of ether oxygens (including phenoxy) is 1. The summed E-state index contributed by atoms with van der Waals surface area (Å²) < 4.78 is 34.7. The van der Waals surface area contributed by atoms with Crippen molar-refractivity contribution >= 4 is 29.3 Å². The van der Waals surface area contributed by atoms with Crippen molar-refractivity contribution in [3.63, 3.8) is 0 Å². The van der Waals surface area contributed by atoms with E-state index in [1.165, 1.54) is 16.8 Å². The fraction of sp³-hybridized carbons (Fsp3) is 0.417. The van der Waals surface area contributed by atoms with Crippen LogP contribution in [0.3, 0.4) is 0 Å². The van der Waals surface area contributed by atoms with Gasteiger partial charge in [-0.05, 0) is 62.9 Å². The Kier molecular flexibility index (Phi) is 5.87. The molecule has 0 spiro atoms. The summed E-state index contributed by atoms with van der Waals surface area (Å²) in [5.74, 6) is -0.742. The minimum absolute atomic E-state index is 0.0964. The Hall–Kier alpha value is -3.60. The molecule has 0 bridgehead atoms. The minimum atomic E-state index is -0.926. The lowest BCUT2D eigenvalue weighted by Crippen LogP contribution is -2.53. The van der Waals surface area contributed by atoms with Gasteiger partial charge >= 0.3 is 12.1 Å². The Morgan fingerprint density at radius 2 is 2.00 bits per heavy atom. The molecule has 2 aliphatic heterocycles. The normalized spacial score (nSPS) is 18.5. The topological polar surface area (TPSA) is 101 Å². The van der Waals surface area contributed by atoms with Gasteiger partial charge in [-0.2, -0.15) is 4.52 Å². The quantitative estimate of drug-likeness (QED) is 0.421. The zero-order chi connectivity index (χ0) is 24.7. The number of imidazole rings is 1. The average Bonchev–Trinajstić information content (AvgIpc) is 3.41. The van der Waals surface area contributed by atoms with Crippen LogP contribution in [0.2, 0.25) is 0 Å². The molecule has 11 heteroatoms. The number of nitrogens with one attached hydrogen (secondary N) is 2. The lowest BCUT2D eigenvalue weighted by molar-refractivity contribution is -0.151. The standard InChI is InChI=1S/C24H26F2N6O3/c1-24(2,14-11-27-12-14)22(33)35-23(34)29-21-13-28-19-7-8-20(30-32(19)21)31-9-3-4-18(31)16-10-15(25)5-6-17(16)26/h5-8,10,13-14,18,27H,3-4,9,11-12H2,1-2H3,(H,29,34)/t18-/m1/s1. The van der Waals surface area contributed by atoms with Crippen molar-refractivity contribution in [3.05, 3.63) is 53.7 Å². The second kappa shape index (κ2) is 8.88. The molecule has 0 saturated carbocycles. The largest absolute Gasteiger partial charge is 0.420 e. The number of nitrogens with zero attached hydrogens (tertiary/aromatic N) is 4. The second-order valence-electron chi connectivity index (χ2n) is 9.50. The van der Waals surface area contributed by atoms with Gasteiger partial charge in [-0.1, -0.05) is 0 Å². The number of anilines is 2. The molecule has 0 aliphatic carbocycles. The van der Waals surface area contributed by atoms with E-state index in [-0.39, 0.29) is 23.3 Å². The number of fused-ring (bicyclic) bond motifs is 1. The molecule has 5 rings (SSSR count). The van der Waals surface area contributed by atoms with Crippen LogP contribution in [0.4, 0.5) is 25.2 Å². The van der Waals surface area contributed by atoms with Gasteiger partial charge in [0.05, 0.1) is 17.7 Å². The van der Waals surface area contributed by atoms with E-state index in [0.717, 1.165) is 18.6 Å². The number of hydrogen-bond acceptors (Lipinski definition) is 7. The lowest BCUT2D eigenvalue weighted by Gasteiger charge is -2.38. The number of rotatable bonds is 5. The fourth-order valence-corrected chi connectivity index (χ4v) is 4.55. The van der Waals surface area contributed by atoms with Gasteiger partial charge in [0.15, 0.2) is 11.5 Å². The first-order valence-corrected chi connectivity index (χ1v) is 11.5. The summed E-state index contributed by atoms with van der Waals surface area (Å²) in [7, 11) is 0. The summed E-state index contributed by atoms with van der Waals surface area (Å²) >= 11 is 0. The number of amides is 1. The highest BCUT2D eigenvalue weighted by atomic mass is 19.1. The molecule has 35 heavy (non-hydrogen) atoms.